The van der Waals surface area contributed by atoms with Crippen molar-refractivity contribution in [3.63, 3.8) is 0 Å². The van der Waals surface area contributed by atoms with E-state index in [1.807, 2.05) is 41.8 Å². The van der Waals surface area contributed by atoms with E-state index in [1.54, 1.807) is 24.5 Å². The lowest BCUT2D eigenvalue weighted by Gasteiger charge is -2.32. The minimum atomic E-state index is 0.0735. The zero-order valence-electron chi connectivity index (χ0n) is 14.5. The van der Waals surface area contributed by atoms with Gasteiger partial charge in [0, 0.05) is 68.3 Å². The molecule has 0 bridgehead atoms. The number of piperidine rings is 1. The lowest BCUT2D eigenvalue weighted by atomic mass is 9.96. The van der Waals surface area contributed by atoms with Gasteiger partial charge in [0.2, 0.25) is 0 Å². The second kappa shape index (κ2) is 7.47. The van der Waals surface area contributed by atoms with Crippen molar-refractivity contribution in [1.82, 2.24) is 24.4 Å². The van der Waals surface area contributed by atoms with E-state index in [1.165, 1.54) is 5.56 Å². The molecule has 0 radical (unpaired) electrons. The number of aromatic nitrogens is 4. The maximum Gasteiger partial charge on any atom is 0.253 e. The van der Waals surface area contributed by atoms with Crippen molar-refractivity contribution in [2.75, 3.05) is 13.1 Å². The molecule has 6 nitrogen and oxygen atoms in total. The van der Waals surface area contributed by atoms with E-state index in [-0.39, 0.29) is 11.8 Å². The van der Waals surface area contributed by atoms with Crippen molar-refractivity contribution < 1.29 is 4.79 Å². The molecule has 3 aromatic rings. The van der Waals surface area contributed by atoms with Crippen LogP contribution < -0.4 is 0 Å². The Morgan fingerprint density at radius 3 is 2.54 bits per heavy atom. The van der Waals surface area contributed by atoms with Crippen molar-refractivity contribution in [3.8, 4) is 0 Å². The summed E-state index contributed by atoms with van der Waals surface area (Å²) in [7, 11) is 0. The van der Waals surface area contributed by atoms with E-state index in [0.717, 1.165) is 31.8 Å². The Labute approximate surface area is 152 Å². The Bertz CT molecular complexity index is 862. The average Bonchev–Trinajstić information content (AvgIpc) is 3.17. The summed E-state index contributed by atoms with van der Waals surface area (Å²) in [5, 5.41) is 0. The molecule has 1 atom stereocenters. The maximum absolute atomic E-state index is 12.8. The molecule has 1 fully saturated rings. The normalized spacial score (nSPS) is 17.2. The number of imidazole rings is 1. The molecule has 3 aromatic heterocycles. The fraction of sp³-hybridized carbons (Fsp3) is 0.300. The summed E-state index contributed by atoms with van der Waals surface area (Å²) in [6.45, 7) is 2.27. The minimum Gasteiger partial charge on any atom is -0.338 e. The first-order valence-corrected chi connectivity index (χ1v) is 8.90. The Kier molecular flexibility index (Phi) is 4.73. The summed E-state index contributed by atoms with van der Waals surface area (Å²) in [6.07, 6.45) is 12.8. The van der Waals surface area contributed by atoms with Crippen molar-refractivity contribution in [2.24, 2.45) is 0 Å². The Balaban J connectivity index is 1.50. The molecule has 0 N–H and O–H groups in total. The number of hydrogen-bond acceptors (Lipinski definition) is 4. The van der Waals surface area contributed by atoms with Gasteiger partial charge < -0.3 is 9.47 Å². The fourth-order valence-electron chi connectivity index (χ4n) is 3.55. The number of carbonyl (C=O) groups excluding carboxylic acids is 1. The summed E-state index contributed by atoms with van der Waals surface area (Å²) in [5.74, 6) is 1.38. The number of nitrogens with zero attached hydrogens (tertiary/aromatic N) is 5. The fourth-order valence-corrected chi connectivity index (χ4v) is 3.55. The molecule has 1 aliphatic rings. The molecule has 0 aromatic carbocycles. The molecule has 6 heteroatoms. The van der Waals surface area contributed by atoms with Gasteiger partial charge in [-0.05, 0) is 42.7 Å². The van der Waals surface area contributed by atoms with Crippen LogP contribution in [0.1, 0.15) is 40.5 Å². The Morgan fingerprint density at radius 1 is 1.04 bits per heavy atom. The largest absolute Gasteiger partial charge is 0.338 e. The summed E-state index contributed by atoms with van der Waals surface area (Å²) >= 11 is 0. The Hall–Kier alpha value is -3.02. The first kappa shape index (κ1) is 16.4. The van der Waals surface area contributed by atoms with Gasteiger partial charge in [-0.2, -0.15) is 0 Å². The lowest BCUT2D eigenvalue weighted by molar-refractivity contribution is 0.0703. The molecule has 1 unspecified atom stereocenters. The third-order valence-corrected chi connectivity index (χ3v) is 4.85. The van der Waals surface area contributed by atoms with E-state index in [9.17, 15) is 4.79 Å². The molecule has 0 spiro atoms. The van der Waals surface area contributed by atoms with Crippen LogP contribution >= 0.6 is 0 Å². The van der Waals surface area contributed by atoms with Crippen LogP contribution in [0, 0.1) is 0 Å². The molecular weight excluding hydrogens is 326 g/mol. The third-order valence-electron chi connectivity index (χ3n) is 4.85. The van der Waals surface area contributed by atoms with Crippen LogP contribution in [0.15, 0.2) is 61.4 Å². The number of pyridine rings is 2. The standard InChI is InChI=1S/C20H21N5O/c26-20(17-5-9-22-10-6-17)25-12-1-2-18(15-25)19-23-11-13-24(19)14-16-3-7-21-8-4-16/h3-11,13,18H,1-2,12,14-15H2. The van der Waals surface area contributed by atoms with Gasteiger partial charge in [0.05, 0.1) is 0 Å². The predicted molar refractivity (Wildman–Crippen MR) is 97.7 cm³/mol. The number of rotatable bonds is 4. The molecule has 132 valence electrons. The van der Waals surface area contributed by atoms with E-state index in [0.29, 0.717) is 12.1 Å². The quantitative estimate of drug-likeness (QED) is 0.728. The molecule has 1 aliphatic heterocycles. The van der Waals surface area contributed by atoms with Gasteiger partial charge in [0.1, 0.15) is 5.82 Å². The van der Waals surface area contributed by atoms with Gasteiger partial charge in [-0.15, -0.1) is 0 Å². The second-order valence-electron chi connectivity index (χ2n) is 6.60. The zero-order chi connectivity index (χ0) is 17.8. The first-order chi connectivity index (χ1) is 12.8. The molecular formula is C20H21N5O. The van der Waals surface area contributed by atoms with Gasteiger partial charge >= 0.3 is 0 Å². The summed E-state index contributed by atoms with van der Waals surface area (Å²) < 4.78 is 2.18. The van der Waals surface area contributed by atoms with E-state index in [2.05, 4.69) is 19.5 Å². The van der Waals surface area contributed by atoms with E-state index < -0.39 is 0 Å². The van der Waals surface area contributed by atoms with E-state index in [4.69, 9.17) is 0 Å². The van der Waals surface area contributed by atoms with Gasteiger partial charge in [0.25, 0.3) is 5.91 Å². The molecule has 4 heterocycles. The van der Waals surface area contributed by atoms with Crippen LogP contribution in [0.3, 0.4) is 0 Å². The summed E-state index contributed by atoms with van der Waals surface area (Å²) in [6, 6.07) is 7.58. The maximum atomic E-state index is 12.8. The molecule has 0 aliphatic carbocycles. The second-order valence-corrected chi connectivity index (χ2v) is 6.60. The highest BCUT2D eigenvalue weighted by molar-refractivity contribution is 5.94. The molecule has 1 saturated heterocycles. The van der Waals surface area contributed by atoms with Gasteiger partial charge in [-0.25, -0.2) is 4.98 Å². The molecule has 4 rings (SSSR count). The molecule has 1 amide bonds. The van der Waals surface area contributed by atoms with Crippen molar-refractivity contribution in [2.45, 2.75) is 25.3 Å². The highest BCUT2D eigenvalue weighted by atomic mass is 16.2. The lowest BCUT2D eigenvalue weighted by Crippen LogP contribution is -2.39. The summed E-state index contributed by atoms with van der Waals surface area (Å²) in [5.41, 5.74) is 1.89. The van der Waals surface area contributed by atoms with Crippen LogP contribution in [0.2, 0.25) is 0 Å². The van der Waals surface area contributed by atoms with Crippen LogP contribution in [0.5, 0.6) is 0 Å². The van der Waals surface area contributed by atoms with Gasteiger partial charge in [-0.1, -0.05) is 0 Å². The summed E-state index contributed by atoms with van der Waals surface area (Å²) in [4.78, 5) is 27.4. The van der Waals surface area contributed by atoms with Crippen LogP contribution in [-0.2, 0) is 6.54 Å². The highest BCUT2D eigenvalue weighted by Crippen LogP contribution is 2.27. The first-order valence-electron chi connectivity index (χ1n) is 8.90. The minimum absolute atomic E-state index is 0.0735. The average molecular weight is 347 g/mol. The van der Waals surface area contributed by atoms with Gasteiger partial charge in [0.15, 0.2) is 0 Å². The zero-order valence-corrected chi connectivity index (χ0v) is 14.5. The van der Waals surface area contributed by atoms with Crippen molar-refractivity contribution in [3.05, 3.63) is 78.4 Å². The number of likely N-dealkylation sites (tertiary alicyclic amines) is 1. The van der Waals surface area contributed by atoms with Crippen LogP contribution in [-0.4, -0.2) is 43.4 Å². The third kappa shape index (κ3) is 3.49. The van der Waals surface area contributed by atoms with Crippen molar-refractivity contribution >= 4 is 5.91 Å². The van der Waals surface area contributed by atoms with Crippen LogP contribution in [0.25, 0.3) is 0 Å². The Morgan fingerprint density at radius 2 is 1.77 bits per heavy atom. The highest BCUT2D eigenvalue weighted by Gasteiger charge is 2.28. The van der Waals surface area contributed by atoms with Crippen LogP contribution in [0.4, 0.5) is 0 Å². The predicted octanol–water partition coefficient (Wildman–Crippen LogP) is 2.74. The molecule has 26 heavy (non-hydrogen) atoms. The molecule has 0 saturated carbocycles. The van der Waals surface area contributed by atoms with E-state index >= 15 is 0 Å². The van der Waals surface area contributed by atoms with Gasteiger partial charge in [-0.3, -0.25) is 14.8 Å². The number of carbonyl (C=O) groups is 1. The monoisotopic (exact) mass is 347 g/mol. The number of amides is 1. The topological polar surface area (TPSA) is 63.9 Å². The SMILES string of the molecule is O=C(c1ccncc1)N1CCCC(c2nccn2Cc2ccncc2)C1. The smallest absolute Gasteiger partial charge is 0.253 e. The van der Waals surface area contributed by atoms with Crippen molar-refractivity contribution in [1.29, 1.82) is 0 Å². The number of hydrogen-bond donors (Lipinski definition) is 0.